The lowest BCUT2D eigenvalue weighted by Crippen LogP contribution is -2.38. The Morgan fingerprint density at radius 3 is 2.88 bits per heavy atom. The second-order valence-electron chi connectivity index (χ2n) is 7.17. The van der Waals surface area contributed by atoms with Gasteiger partial charge in [-0.3, -0.25) is 4.99 Å². The maximum Gasteiger partial charge on any atom is 0.191 e. The molecule has 0 aromatic heterocycles. The number of aliphatic imine (C=N–C) groups is 1. The number of hydrogen-bond donors (Lipinski definition) is 2. The fourth-order valence-corrected chi connectivity index (χ4v) is 3.56. The van der Waals surface area contributed by atoms with Crippen molar-refractivity contribution in [3.05, 3.63) is 29.3 Å². The first-order valence-electron chi connectivity index (χ1n) is 10.0. The molecule has 2 N–H and O–H groups in total. The molecule has 0 radical (unpaired) electrons. The summed E-state index contributed by atoms with van der Waals surface area (Å²) in [6.07, 6.45) is 3.43. The van der Waals surface area contributed by atoms with E-state index >= 15 is 0 Å². The van der Waals surface area contributed by atoms with Gasteiger partial charge in [-0.2, -0.15) is 0 Å². The predicted octanol–water partition coefficient (Wildman–Crippen LogP) is 2.83. The predicted molar refractivity (Wildman–Crippen MR) is 110 cm³/mol. The quantitative estimate of drug-likeness (QED) is 0.525. The van der Waals surface area contributed by atoms with Crippen molar-refractivity contribution in [2.45, 2.75) is 40.0 Å². The van der Waals surface area contributed by atoms with Crippen LogP contribution in [0, 0.1) is 12.8 Å². The van der Waals surface area contributed by atoms with Gasteiger partial charge < -0.3 is 20.3 Å². The maximum absolute atomic E-state index is 5.47. The number of ether oxygens (including phenoxy) is 1. The minimum Gasteiger partial charge on any atom is -0.496 e. The summed E-state index contributed by atoms with van der Waals surface area (Å²) in [5, 5.41) is 6.83. The van der Waals surface area contributed by atoms with E-state index in [1.54, 1.807) is 7.11 Å². The smallest absolute Gasteiger partial charge is 0.191 e. The van der Waals surface area contributed by atoms with Gasteiger partial charge in [0.25, 0.3) is 0 Å². The Balaban J connectivity index is 1.83. The van der Waals surface area contributed by atoms with Gasteiger partial charge in [0.05, 0.1) is 7.11 Å². The van der Waals surface area contributed by atoms with Gasteiger partial charge in [0.15, 0.2) is 5.96 Å². The number of rotatable bonds is 9. The molecule has 1 unspecified atom stereocenters. The van der Waals surface area contributed by atoms with Crippen LogP contribution in [0.5, 0.6) is 5.75 Å². The fourth-order valence-electron chi connectivity index (χ4n) is 3.56. The first-order chi connectivity index (χ1) is 12.7. The van der Waals surface area contributed by atoms with Gasteiger partial charge in [-0.05, 0) is 63.7 Å². The largest absolute Gasteiger partial charge is 0.496 e. The van der Waals surface area contributed by atoms with Crippen LogP contribution in [0.3, 0.4) is 0 Å². The highest BCUT2D eigenvalue weighted by atomic mass is 16.5. The van der Waals surface area contributed by atoms with Crippen molar-refractivity contribution in [3.8, 4) is 5.75 Å². The van der Waals surface area contributed by atoms with E-state index in [1.807, 2.05) is 6.07 Å². The molecule has 0 bridgehead atoms. The van der Waals surface area contributed by atoms with Gasteiger partial charge in [-0.15, -0.1) is 0 Å². The molecule has 5 heteroatoms. The maximum atomic E-state index is 5.47. The normalized spacial score (nSPS) is 18.2. The lowest BCUT2D eigenvalue weighted by Gasteiger charge is -2.15. The van der Waals surface area contributed by atoms with Crippen molar-refractivity contribution >= 4 is 5.96 Å². The molecule has 1 aliphatic heterocycles. The molecule has 1 aliphatic rings. The first kappa shape index (κ1) is 20.6. The number of hydrogen-bond acceptors (Lipinski definition) is 3. The average molecular weight is 361 g/mol. The van der Waals surface area contributed by atoms with Gasteiger partial charge in [-0.25, -0.2) is 0 Å². The van der Waals surface area contributed by atoms with Crippen LogP contribution in [-0.2, 0) is 6.42 Å². The van der Waals surface area contributed by atoms with E-state index in [2.05, 4.69) is 48.4 Å². The first-order valence-corrected chi connectivity index (χ1v) is 10.0. The van der Waals surface area contributed by atoms with Gasteiger partial charge in [0.1, 0.15) is 5.75 Å². The van der Waals surface area contributed by atoms with Crippen molar-refractivity contribution in [2.75, 3.05) is 46.4 Å². The van der Waals surface area contributed by atoms with Crippen LogP contribution >= 0.6 is 0 Å². The summed E-state index contributed by atoms with van der Waals surface area (Å²) in [5.74, 6) is 2.57. The summed E-state index contributed by atoms with van der Waals surface area (Å²) in [7, 11) is 1.73. The third-order valence-electron chi connectivity index (χ3n) is 4.88. The van der Waals surface area contributed by atoms with Crippen LogP contribution in [0.25, 0.3) is 0 Å². The third kappa shape index (κ3) is 6.52. The standard InChI is InChI=1S/C21H36N4O/c1-5-12-25-13-10-18(16-25)15-24-21(22-6-2)23-11-9-19-14-17(3)7-8-20(19)26-4/h7-8,14,18H,5-6,9-13,15-16H2,1-4H3,(H2,22,23,24). The van der Waals surface area contributed by atoms with Crippen molar-refractivity contribution in [3.63, 3.8) is 0 Å². The van der Waals surface area contributed by atoms with Crippen LogP contribution < -0.4 is 15.4 Å². The Kier molecular flexibility index (Phi) is 8.75. The zero-order valence-electron chi connectivity index (χ0n) is 17.0. The molecule has 1 fully saturated rings. The van der Waals surface area contributed by atoms with Crippen molar-refractivity contribution in [1.29, 1.82) is 0 Å². The van der Waals surface area contributed by atoms with Gasteiger partial charge >= 0.3 is 0 Å². The zero-order valence-corrected chi connectivity index (χ0v) is 17.0. The topological polar surface area (TPSA) is 48.9 Å². The summed E-state index contributed by atoms with van der Waals surface area (Å²) in [6.45, 7) is 12.7. The lowest BCUT2D eigenvalue weighted by molar-refractivity contribution is 0.326. The van der Waals surface area contributed by atoms with E-state index in [1.165, 1.54) is 43.6 Å². The van der Waals surface area contributed by atoms with E-state index in [9.17, 15) is 0 Å². The van der Waals surface area contributed by atoms with Gasteiger partial charge in [-0.1, -0.05) is 24.6 Å². The minimum atomic E-state index is 0.689. The van der Waals surface area contributed by atoms with Crippen LogP contribution in [0.4, 0.5) is 0 Å². The summed E-state index contributed by atoms with van der Waals surface area (Å²) >= 11 is 0. The second-order valence-corrected chi connectivity index (χ2v) is 7.17. The highest BCUT2D eigenvalue weighted by Gasteiger charge is 2.21. The molecule has 1 heterocycles. The molecule has 1 saturated heterocycles. The van der Waals surface area contributed by atoms with Crippen LogP contribution in [0.1, 0.15) is 37.8 Å². The van der Waals surface area contributed by atoms with E-state index in [0.717, 1.165) is 37.8 Å². The Labute approximate surface area is 159 Å². The Morgan fingerprint density at radius 1 is 1.31 bits per heavy atom. The Morgan fingerprint density at radius 2 is 2.15 bits per heavy atom. The number of methoxy groups -OCH3 is 1. The van der Waals surface area contributed by atoms with Crippen LogP contribution in [0.2, 0.25) is 0 Å². The number of aryl methyl sites for hydroxylation is 1. The van der Waals surface area contributed by atoms with Crippen LogP contribution in [-0.4, -0.2) is 57.2 Å². The lowest BCUT2D eigenvalue weighted by atomic mass is 10.1. The SMILES string of the molecule is CCCN1CCC(CN=C(NCC)NCCc2cc(C)ccc2OC)C1. The Hall–Kier alpha value is -1.75. The molecule has 0 spiro atoms. The molecule has 1 atom stereocenters. The summed E-state index contributed by atoms with van der Waals surface area (Å²) < 4.78 is 5.47. The number of guanidine groups is 1. The van der Waals surface area contributed by atoms with E-state index in [-0.39, 0.29) is 0 Å². The molecule has 1 aromatic rings. The Bertz CT molecular complexity index is 573. The molecule has 5 nitrogen and oxygen atoms in total. The zero-order chi connectivity index (χ0) is 18.8. The molecule has 1 aromatic carbocycles. The molecule has 0 saturated carbocycles. The van der Waals surface area contributed by atoms with Gasteiger partial charge in [0.2, 0.25) is 0 Å². The minimum absolute atomic E-state index is 0.689. The highest BCUT2D eigenvalue weighted by Crippen LogP contribution is 2.20. The molecule has 0 aliphatic carbocycles. The van der Waals surface area contributed by atoms with Crippen molar-refractivity contribution in [1.82, 2.24) is 15.5 Å². The summed E-state index contributed by atoms with van der Waals surface area (Å²) in [5.41, 5.74) is 2.50. The molecule has 2 rings (SSSR count). The van der Waals surface area contributed by atoms with Crippen molar-refractivity contribution in [2.24, 2.45) is 10.9 Å². The number of nitrogens with zero attached hydrogens (tertiary/aromatic N) is 2. The number of likely N-dealkylation sites (tertiary alicyclic amines) is 1. The molecule has 146 valence electrons. The number of nitrogens with one attached hydrogen (secondary N) is 2. The fraction of sp³-hybridized carbons (Fsp3) is 0.667. The van der Waals surface area contributed by atoms with E-state index in [4.69, 9.17) is 9.73 Å². The van der Waals surface area contributed by atoms with Crippen molar-refractivity contribution < 1.29 is 4.74 Å². The monoisotopic (exact) mass is 360 g/mol. The van der Waals surface area contributed by atoms with Gasteiger partial charge in [0, 0.05) is 26.2 Å². The van der Waals surface area contributed by atoms with E-state index < -0.39 is 0 Å². The molecule has 26 heavy (non-hydrogen) atoms. The second kappa shape index (κ2) is 11.1. The average Bonchev–Trinajstić information content (AvgIpc) is 3.08. The highest BCUT2D eigenvalue weighted by molar-refractivity contribution is 5.79. The third-order valence-corrected chi connectivity index (χ3v) is 4.88. The van der Waals surface area contributed by atoms with Crippen LogP contribution in [0.15, 0.2) is 23.2 Å². The molecular formula is C21H36N4O. The summed E-state index contributed by atoms with van der Waals surface area (Å²) in [4.78, 5) is 7.38. The summed E-state index contributed by atoms with van der Waals surface area (Å²) in [6, 6.07) is 6.34. The molecular weight excluding hydrogens is 324 g/mol. The van der Waals surface area contributed by atoms with E-state index in [0.29, 0.717) is 5.92 Å². The molecule has 0 amide bonds. The number of benzene rings is 1.